The van der Waals surface area contributed by atoms with Gasteiger partial charge in [-0.25, -0.2) is 4.68 Å². The lowest BCUT2D eigenvalue weighted by Crippen LogP contribution is -2.24. The van der Waals surface area contributed by atoms with Crippen molar-refractivity contribution in [3.63, 3.8) is 0 Å². The number of rotatable bonds is 2. The average Bonchev–Trinajstić information content (AvgIpc) is 2.88. The van der Waals surface area contributed by atoms with E-state index in [1.807, 2.05) is 0 Å². The summed E-state index contributed by atoms with van der Waals surface area (Å²) in [6.45, 7) is 3.12. The van der Waals surface area contributed by atoms with Gasteiger partial charge in [0.25, 0.3) is 5.56 Å². The average molecular weight is 358 g/mol. The second-order valence-corrected chi connectivity index (χ2v) is 5.74. The summed E-state index contributed by atoms with van der Waals surface area (Å²) in [5.74, 6) is 0. The van der Waals surface area contributed by atoms with Gasteiger partial charge in [-0.05, 0) is 31.5 Å². The molecule has 0 aliphatic heterocycles. The number of hydrogen-bond donors (Lipinski definition) is 0. The predicted octanol–water partition coefficient (Wildman–Crippen LogP) is 3.72. The van der Waals surface area contributed by atoms with Crippen LogP contribution in [-0.2, 0) is 12.7 Å². The number of hydrogen-bond acceptors (Lipinski definition) is 4. The normalized spacial score (nSPS) is 12.1. The van der Waals surface area contributed by atoms with Crippen molar-refractivity contribution < 1.29 is 17.7 Å². The lowest BCUT2D eigenvalue weighted by atomic mass is 10.1. The van der Waals surface area contributed by atoms with Crippen LogP contribution in [0.2, 0.25) is 5.02 Å². The first kappa shape index (κ1) is 16.5. The summed E-state index contributed by atoms with van der Waals surface area (Å²) in [5.41, 5.74) is -0.0573. The van der Waals surface area contributed by atoms with E-state index in [2.05, 4.69) is 10.3 Å². The molecule has 0 aliphatic carbocycles. The summed E-state index contributed by atoms with van der Waals surface area (Å²) in [4.78, 5) is 12.5. The number of benzene rings is 1. The Kier molecular flexibility index (Phi) is 3.87. The number of aryl methyl sites for hydroxylation is 2. The Morgan fingerprint density at radius 2 is 1.96 bits per heavy atom. The summed E-state index contributed by atoms with van der Waals surface area (Å²) in [6.07, 6.45) is -4.57. The summed E-state index contributed by atoms with van der Waals surface area (Å²) in [6, 6.07) is 3.49. The monoisotopic (exact) mass is 357 g/mol. The number of aromatic nitrogens is 3. The molecule has 5 nitrogen and oxygen atoms in total. The van der Waals surface area contributed by atoms with Gasteiger partial charge in [-0.3, -0.25) is 4.79 Å². The molecule has 9 heteroatoms. The predicted molar refractivity (Wildman–Crippen MR) is 81.1 cm³/mol. The third-order valence-electron chi connectivity index (χ3n) is 3.58. The SMILES string of the molecule is Cc1nn(Cc2ccc(Cl)c(C(F)(F)F)c2)c(=O)c2c(C)noc12. The maximum Gasteiger partial charge on any atom is 0.417 e. The molecule has 3 rings (SSSR count). The van der Waals surface area contributed by atoms with E-state index in [1.54, 1.807) is 13.8 Å². The molecule has 0 bridgehead atoms. The Morgan fingerprint density at radius 3 is 2.62 bits per heavy atom. The van der Waals surface area contributed by atoms with E-state index >= 15 is 0 Å². The van der Waals surface area contributed by atoms with Crippen LogP contribution < -0.4 is 5.56 Å². The van der Waals surface area contributed by atoms with Crippen LogP contribution in [0.4, 0.5) is 13.2 Å². The molecule has 0 saturated carbocycles. The molecule has 2 heterocycles. The smallest absolute Gasteiger partial charge is 0.354 e. The maximum atomic E-state index is 12.9. The Morgan fingerprint density at radius 1 is 1.25 bits per heavy atom. The zero-order valence-electron chi connectivity index (χ0n) is 12.6. The van der Waals surface area contributed by atoms with E-state index in [1.165, 1.54) is 6.07 Å². The molecule has 1 aromatic carbocycles. The Bertz CT molecular complexity index is 992. The van der Waals surface area contributed by atoms with E-state index in [0.29, 0.717) is 11.4 Å². The standard InChI is InChI=1S/C15H11ClF3N3O2/c1-7-12-13(24-21-7)8(2)20-22(14(12)23)6-9-3-4-11(16)10(5-9)15(17,18)19/h3-5H,6H2,1-2H3. The van der Waals surface area contributed by atoms with Crippen LogP contribution in [-0.4, -0.2) is 14.9 Å². The summed E-state index contributed by atoms with van der Waals surface area (Å²) in [7, 11) is 0. The molecule has 24 heavy (non-hydrogen) atoms. The van der Waals surface area contributed by atoms with Crippen molar-refractivity contribution in [2.24, 2.45) is 0 Å². The molecule has 0 fully saturated rings. The number of fused-ring (bicyclic) bond motifs is 1. The van der Waals surface area contributed by atoms with Gasteiger partial charge in [0.2, 0.25) is 0 Å². The number of nitrogens with zero attached hydrogens (tertiary/aromatic N) is 3. The minimum Gasteiger partial charge on any atom is -0.354 e. The highest BCUT2D eigenvalue weighted by molar-refractivity contribution is 6.31. The van der Waals surface area contributed by atoms with Crippen molar-refractivity contribution in [3.8, 4) is 0 Å². The van der Waals surface area contributed by atoms with E-state index in [-0.39, 0.29) is 23.1 Å². The summed E-state index contributed by atoms with van der Waals surface area (Å²) in [5, 5.41) is 7.68. The van der Waals surface area contributed by atoms with Crippen LogP contribution in [0.15, 0.2) is 27.5 Å². The van der Waals surface area contributed by atoms with Crippen LogP contribution in [0.25, 0.3) is 11.0 Å². The van der Waals surface area contributed by atoms with E-state index in [0.717, 1.165) is 16.8 Å². The van der Waals surface area contributed by atoms with Crippen LogP contribution in [0.5, 0.6) is 0 Å². The fraction of sp³-hybridized carbons (Fsp3) is 0.267. The first-order chi connectivity index (χ1) is 11.2. The minimum atomic E-state index is -4.57. The van der Waals surface area contributed by atoms with Gasteiger partial charge < -0.3 is 4.52 Å². The lowest BCUT2D eigenvalue weighted by molar-refractivity contribution is -0.137. The fourth-order valence-corrected chi connectivity index (χ4v) is 2.66. The maximum absolute atomic E-state index is 12.9. The largest absolute Gasteiger partial charge is 0.417 e. The molecule has 0 radical (unpaired) electrons. The van der Waals surface area contributed by atoms with E-state index < -0.39 is 22.3 Å². The highest BCUT2D eigenvalue weighted by Crippen LogP contribution is 2.35. The first-order valence-electron chi connectivity index (χ1n) is 6.88. The van der Waals surface area contributed by atoms with E-state index in [9.17, 15) is 18.0 Å². The van der Waals surface area contributed by atoms with Crippen LogP contribution in [0.3, 0.4) is 0 Å². The third-order valence-corrected chi connectivity index (χ3v) is 3.91. The molecule has 3 aromatic rings. The molecule has 0 spiro atoms. The Hall–Kier alpha value is -2.35. The number of alkyl halides is 3. The molecule has 0 saturated heterocycles. The third kappa shape index (κ3) is 2.77. The summed E-state index contributed by atoms with van der Waals surface area (Å²) < 4.78 is 45.0. The molecule has 0 N–H and O–H groups in total. The van der Waals surface area contributed by atoms with Gasteiger partial charge in [0.15, 0.2) is 5.58 Å². The van der Waals surface area contributed by atoms with Crippen LogP contribution in [0.1, 0.15) is 22.5 Å². The second kappa shape index (κ2) is 5.62. The fourth-order valence-electron chi connectivity index (χ4n) is 2.44. The van der Waals surface area contributed by atoms with Crippen molar-refractivity contribution in [3.05, 3.63) is 56.1 Å². The van der Waals surface area contributed by atoms with Crippen molar-refractivity contribution in [1.29, 1.82) is 0 Å². The van der Waals surface area contributed by atoms with Gasteiger partial charge in [0, 0.05) is 0 Å². The molecular weight excluding hydrogens is 347 g/mol. The highest BCUT2D eigenvalue weighted by Gasteiger charge is 2.33. The molecule has 126 valence electrons. The molecule has 0 amide bonds. The topological polar surface area (TPSA) is 60.9 Å². The van der Waals surface area contributed by atoms with Crippen molar-refractivity contribution in [2.75, 3.05) is 0 Å². The second-order valence-electron chi connectivity index (χ2n) is 5.33. The molecule has 2 aromatic heterocycles. The molecule has 0 unspecified atom stereocenters. The minimum absolute atomic E-state index is 0.125. The summed E-state index contributed by atoms with van der Waals surface area (Å²) >= 11 is 5.60. The van der Waals surface area contributed by atoms with Crippen molar-refractivity contribution >= 4 is 22.6 Å². The quantitative estimate of drug-likeness (QED) is 0.701. The Labute approximate surface area is 138 Å². The van der Waals surface area contributed by atoms with Gasteiger partial charge >= 0.3 is 6.18 Å². The van der Waals surface area contributed by atoms with Gasteiger partial charge in [-0.15, -0.1) is 0 Å². The van der Waals surface area contributed by atoms with Crippen molar-refractivity contribution in [1.82, 2.24) is 14.9 Å². The molecule has 0 atom stereocenters. The van der Waals surface area contributed by atoms with Gasteiger partial charge in [0.05, 0.1) is 22.8 Å². The van der Waals surface area contributed by atoms with Gasteiger partial charge in [0.1, 0.15) is 11.1 Å². The highest BCUT2D eigenvalue weighted by atomic mass is 35.5. The van der Waals surface area contributed by atoms with E-state index in [4.69, 9.17) is 16.1 Å². The van der Waals surface area contributed by atoms with Crippen LogP contribution in [0, 0.1) is 13.8 Å². The first-order valence-corrected chi connectivity index (χ1v) is 7.25. The van der Waals surface area contributed by atoms with Gasteiger partial charge in [-0.2, -0.15) is 18.3 Å². The van der Waals surface area contributed by atoms with Crippen LogP contribution >= 0.6 is 11.6 Å². The lowest BCUT2D eigenvalue weighted by Gasteiger charge is -2.12. The molecular formula is C15H11ClF3N3O2. The number of halogens is 4. The van der Waals surface area contributed by atoms with Crippen molar-refractivity contribution in [2.45, 2.75) is 26.6 Å². The molecule has 0 aliphatic rings. The Balaban J connectivity index is 2.10. The zero-order valence-corrected chi connectivity index (χ0v) is 13.4. The zero-order chi connectivity index (χ0) is 17.6. The van der Waals surface area contributed by atoms with Gasteiger partial charge in [-0.1, -0.05) is 22.8 Å².